The fourth-order valence-corrected chi connectivity index (χ4v) is 1.22. The van der Waals surface area contributed by atoms with Crippen LogP contribution in [0.15, 0.2) is 29.4 Å². The first-order chi connectivity index (χ1) is 7.36. The Hall–Kier alpha value is -1.72. The number of halogens is 3. The van der Waals surface area contributed by atoms with Crippen LogP contribution in [0.25, 0.3) is 0 Å². The molecule has 0 aliphatic heterocycles. The van der Waals surface area contributed by atoms with Crippen LogP contribution in [0.3, 0.4) is 0 Å². The maximum absolute atomic E-state index is 12.3. The molecular formula is C10H11F3N2O. The number of amidine groups is 1. The molecule has 0 spiro atoms. The lowest BCUT2D eigenvalue weighted by atomic mass is 9.99. The molecule has 16 heavy (non-hydrogen) atoms. The van der Waals surface area contributed by atoms with Gasteiger partial charge in [0.2, 0.25) is 0 Å². The van der Waals surface area contributed by atoms with Gasteiger partial charge < -0.3 is 10.9 Å². The van der Waals surface area contributed by atoms with Crippen molar-refractivity contribution >= 4 is 5.84 Å². The van der Waals surface area contributed by atoms with Crippen molar-refractivity contribution in [3.8, 4) is 0 Å². The summed E-state index contributed by atoms with van der Waals surface area (Å²) in [5.41, 5.74) is 5.19. The van der Waals surface area contributed by atoms with Crippen molar-refractivity contribution < 1.29 is 18.4 Å². The minimum Gasteiger partial charge on any atom is -0.409 e. The summed E-state index contributed by atoms with van der Waals surface area (Å²) in [4.78, 5) is 0. The van der Waals surface area contributed by atoms with Crippen molar-refractivity contribution in [3.05, 3.63) is 35.4 Å². The molecule has 1 atom stereocenters. The van der Waals surface area contributed by atoms with Crippen LogP contribution in [-0.4, -0.2) is 11.0 Å². The van der Waals surface area contributed by atoms with E-state index in [9.17, 15) is 13.2 Å². The predicted octanol–water partition coefficient (Wildman–Crippen LogP) is 2.56. The number of nitrogens with zero attached hydrogens (tertiary/aromatic N) is 1. The normalized spacial score (nSPS) is 14.9. The van der Waals surface area contributed by atoms with E-state index in [1.807, 2.05) is 0 Å². The van der Waals surface area contributed by atoms with Gasteiger partial charge in [0.15, 0.2) is 0 Å². The van der Waals surface area contributed by atoms with E-state index in [1.165, 1.54) is 12.1 Å². The van der Waals surface area contributed by atoms with Crippen molar-refractivity contribution in [1.82, 2.24) is 0 Å². The monoisotopic (exact) mass is 232 g/mol. The number of rotatable bonds is 2. The molecular weight excluding hydrogens is 221 g/mol. The molecule has 0 amide bonds. The smallest absolute Gasteiger partial charge is 0.409 e. The molecule has 0 aliphatic rings. The molecule has 3 nitrogen and oxygen atoms in total. The van der Waals surface area contributed by atoms with Gasteiger partial charge >= 0.3 is 6.18 Å². The molecule has 3 N–H and O–H groups in total. The molecule has 1 unspecified atom stereocenters. The highest BCUT2D eigenvalue weighted by Crippen LogP contribution is 2.30. The second-order valence-electron chi connectivity index (χ2n) is 3.37. The van der Waals surface area contributed by atoms with E-state index in [0.29, 0.717) is 5.56 Å². The molecule has 0 aromatic heterocycles. The zero-order valence-electron chi connectivity index (χ0n) is 8.49. The first-order valence-corrected chi connectivity index (χ1v) is 4.51. The standard InChI is InChI=1S/C10H11F3N2O/c1-6(9(14)15-16)7-2-4-8(5-3-7)10(11,12)13/h2-6,16H,1H3,(H2,14,15). The first kappa shape index (κ1) is 12.4. The van der Waals surface area contributed by atoms with Crippen LogP contribution in [0.5, 0.6) is 0 Å². The summed E-state index contributed by atoms with van der Waals surface area (Å²) >= 11 is 0. The Bertz CT molecular complexity index is 384. The van der Waals surface area contributed by atoms with Gasteiger partial charge in [-0.2, -0.15) is 13.2 Å². The molecule has 0 saturated carbocycles. The number of hydrogen-bond donors (Lipinski definition) is 2. The number of alkyl halides is 3. The van der Waals surface area contributed by atoms with Crippen molar-refractivity contribution in [2.45, 2.75) is 19.0 Å². The Balaban J connectivity index is 2.96. The average Bonchev–Trinajstić information content (AvgIpc) is 2.26. The van der Waals surface area contributed by atoms with Crippen molar-refractivity contribution in [3.63, 3.8) is 0 Å². The predicted molar refractivity (Wildman–Crippen MR) is 53.3 cm³/mol. The van der Waals surface area contributed by atoms with Gasteiger partial charge in [-0.1, -0.05) is 24.2 Å². The molecule has 0 saturated heterocycles. The van der Waals surface area contributed by atoms with Crippen LogP contribution in [0.2, 0.25) is 0 Å². The van der Waals surface area contributed by atoms with Crippen LogP contribution < -0.4 is 5.73 Å². The van der Waals surface area contributed by atoms with Crippen LogP contribution >= 0.6 is 0 Å². The summed E-state index contributed by atoms with van der Waals surface area (Å²) in [6.45, 7) is 1.64. The SMILES string of the molecule is CC(/C(N)=N/O)c1ccc(C(F)(F)F)cc1. The van der Waals surface area contributed by atoms with Gasteiger partial charge in [0.05, 0.1) is 5.56 Å². The van der Waals surface area contributed by atoms with Crippen LogP contribution in [0, 0.1) is 0 Å². The second-order valence-corrected chi connectivity index (χ2v) is 3.37. The van der Waals surface area contributed by atoms with Crippen LogP contribution in [0.1, 0.15) is 24.0 Å². The average molecular weight is 232 g/mol. The number of oxime groups is 1. The summed E-state index contributed by atoms with van der Waals surface area (Å²) in [7, 11) is 0. The number of nitrogens with two attached hydrogens (primary N) is 1. The second kappa shape index (κ2) is 4.42. The third-order valence-corrected chi connectivity index (χ3v) is 2.30. The Morgan fingerprint density at radius 2 is 1.81 bits per heavy atom. The van der Waals surface area contributed by atoms with E-state index in [1.54, 1.807) is 6.92 Å². The molecule has 0 heterocycles. The minimum atomic E-state index is -4.35. The van der Waals surface area contributed by atoms with E-state index >= 15 is 0 Å². The zero-order valence-corrected chi connectivity index (χ0v) is 8.49. The molecule has 0 fully saturated rings. The molecule has 1 aromatic rings. The van der Waals surface area contributed by atoms with Gasteiger partial charge in [0.1, 0.15) is 5.84 Å². The molecule has 6 heteroatoms. The maximum Gasteiger partial charge on any atom is 0.416 e. The number of hydrogen-bond acceptors (Lipinski definition) is 2. The highest BCUT2D eigenvalue weighted by atomic mass is 19.4. The van der Waals surface area contributed by atoms with Gasteiger partial charge in [0.25, 0.3) is 0 Å². The fourth-order valence-electron chi connectivity index (χ4n) is 1.22. The van der Waals surface area contributed by atoms with Crippen molar-refractivity contribution in [1.29, 1.82) is 0 Å². The number of benzene rings is 1. The lowest BCUT2D eigenvalue weighted by molar-refractivity contribution is -0.137. The lowest BCUT2D eigenvalue weighted by Crippen LogP contribution is -2.19. The molecule has 1 aromatic carbocycles. The Labute approximate surface area is 90.4 Å². The third kappa shape index (κ3) is 2.65. The van der Waals surface area contributed by atoms with Crippen molar-refractivity contribution in [2.24, 2.45) is 10.9 Å². The Morgan fingerprint density at radius 1 is 1.31 bits per heavy atom. The molecule has 0 aliphatic carbocycles. The van der Waals surface area contributed by atoms with Gasteiger partial charge in [-0.15, -0.1) is 0 Å². The molecule has 0 radical (unpaired) electrons. The van der Waals surface area contributed by atoms with E-state index < -0.39 is 17.7 Å². The van der Waals surface area contributed by atoms with E-state index in [0.717, 1.165) is 12.1 Å². The van der Waals surface area contributed by atoms with E-state index in [2.05, 4.69) is 5.16 Å². The topological polar surface area (TPSA) is 58.6 Å². The molecule has 88 valence electrons. The minimum absolute atomic E-state index is 0.0419. The highest BCUT2D eigenvalue weighted by molar-refractivity contribution is 5.86. The van der Waals surface area contributed by atoms with Crippen molar-refractivity contribution in [2.75, 3.05) is 0 Å². The highest BCUT2D eigenvalue weighted by Gasteiger charge is 2.30. The largest absolute Gasteiger partial charge is 0.416 e. The summed E-state index contributed by atoms with van der Waals surface area (Å²) in [5.74, 6) is -0.466. The summed E-state index contributed by atoms with van der Waals surface area (Å²) in [6, 6.07) is 4.56. The van der Waals surface area contributed by atoms with Gasteiger partial charge in [-0.3, -0.25) is 0 Å². The van der Waals surface area contributed by atoms with Gasteiger partial charge in [-0.25, -0.2) is 0 Å². The lowest BCUT2D eigenvalue weighted by Gasteiger charge is -2.11. The summed E-state index contributed by atoms with van der Waals surface area (Å²) < 4.78 is 36.8. The summed E-state index contributed by atoms with van der Waals surface area (Å²) in [5, 5.41) is 11.2. The van der Waals surface area contributed by atoms with Crippen LogP contribution in [-0.2, 0) is 6.18 Å². The van der Waals surface area contributed by atoms with E-state index in [-0.39, 0.29) is 5.84 Å². The Morgan fingerprint density at radius 3 is 2.19 bits per heavy atom. The van der Waals surface area contributed by atoms with E-state index in [4.69, 9.17) is 10.9 Å². The zero-order chi connectivity index (χ0) is 12.3. The summed E-state index contributed by atoms with van der Waals surface area (Å²) in [6.07, 6.45) is -4.35. The molecule has 0 bridgehead atoms. The maximum atomic E-state index is 12.3. The quantitative estimate of drug-likeness (QED) is 0.356. The fraction of sp³-hybridized carbons (Fsp3) is 0.300. The van der Waals surface area contributed by atoms with Crippen LogP contribution in [0.4, 0.5) is 13.2 Å². The molecule has 1 rings (SSSR count). The van der Waals surface area contributed by atoms with Gasteiger partial charge in [-0.05, 0) is 17.7 Å². The Kier molecular flexibility index (Phi) is 3.41. The third-order valence-electron chi connectivity index (χ3n) is 2.30. The first-order valence-electron chi connectivity index (χ1n) is 4.51. The van der Waals surface area contributed by atoms with Gasteiger partial charge in [0, 0.05) is 5.92 Å².